The Hall–Kier alpha value is -2.78. The fourth-order valence-electron chi connectivity index (χ4n) is 2.65. The molecule has 2 aromatic carbocycles. The molecule has 27 heavy (non-hydrogen) atoms. The summed E-state index contributed by atoms with van der Waals surface area (Å²) in [5.41, 5.74) is 1.63. The lowest BCUT2D eigenvalue weighted by Crippen LogP contribution is -2.33. The van der Waals surface area contributed by atoms with E-state index in [-0.39, 0.29) is 17.7 Å². The summed E-state index contributed by atoms with van der Waals surface area (Å²) in [6.07, 6.45) is 0. The maximum atomic E-state index is 11.2. The van der Waals surface area contributed by atoms with Crippen LogP contribution < -0.4 is 14.8 Å². The number of benzene rings is 2. The maximum absolute atomic E-state index is 11.2. The molecule has 1 aliphatic heterocycles. The Bertz CT molecular complexity index is 842. The van der Waals surface area contributed by atoms with Crippen molar-refractivity contribution in [1.29, 1.82) is 0 Å². The van der Waals surface area contributed by atoms with Crippen molar-refractivity contribution >= 4 is 23.4 Å². The second kappa shape index (κ2) is 8.28. The van der Waals surface area contributed by atoms with Crippen LogP contribution in [-0.4, -0.2) is 34.9 Å². The number of nitrogens with one attached hydrogen (secondary N) is 1. The van der Waals surface area contributed by atoms with Crippen LogP contribution in [-0.2, 0) is 11.4 Å². The third-order valence-electron chi connectivity index (χ3n) is 4.12. The predicted molar refractivity (Wildman–Crippen MR) is 100 cm³/mol. The van der Waals surface area contributed by atoms with Gasteiger partial charge in [-0.05, 0) is 29.8 Å². The zero-order valence-electron chi connectivity index (χ0n) is 14.5. The highest BCUT2D eigenvalue weighted by Crippen LogP contribution is 2.39. The molecule has 0 saturated carbocycles. The Kier molecular flexibility index (Phi) is 5.82. The summed E-state index contributed by atoms with van der Waals surface area (Å²) in [5.74, 6) is 0.777. The van der Waals surface area contributed by atoms with E-state index in [4.69, 9.17) is 14.6 Å². The van der Waals surface area contributed by atoms with E-state index in [9.17, 15) is 14.9 Å². The number of hydrogen-bond donors (Lipinski definition) is 2. The first-order valence-corrected chi connectivity index (χ1v) is 9.17. The largest absolute Gasteiger partial charge is 0.497 e. The van der Waals surface area contributed by atoms with Crippen LogP contribution in [0.3, 0.4) is 0 Å². The van der Waals surface area contributed by atoms with Gasteiger partial charge >= 0.3 is 5.97 Å². The molecule has 1 aliphatic rings. The second-order valence-electron chi connectivity index (χ2n) is 5.89. The fraction of sp³-hybridized carbons (Fsp3) is 0.278. The van der Waals surface area contributed by atoms with E-state index in [0.29, 0.717) is 17.3 Å². The Morgan fingerprint density at radius 1 is 1.33 bits per heavy atom. The minimum atomic E-state index is -0.883. The molecule has 1 heterocycles. The van der Waals surface area contributed by atoms with Crippen LogP contribution >= 0.6 is 11.8 Å². The molecule has 0 aromatic heterocycles. The first-order chi connectivity index (χ1) is 13.0. The number of aliphatic carboxylic acids is 1. The average Bonchev–Trinajstić information content (AvgIpc) is 3.16. The summed E-state index contributed by atoms with van der Waals surface area (Å²) < 4.78 is 11.2. The van der Waals surface area contributed by atoms with Gasteiger partial charge in [0.05, 0.1) is 17.4 Å². The highest BCUT2D eigenvalue weighted by atomic mass is 32.2. The van der Waals surface area contributed by atoms with Crippen molar-refractivity contribution in [2.45, 2.75) is 18.0 Å². The molecule has 0 radical (unpaired) electrons. The molecule has 1 saturated heterocycles. The summed E-state index contributed by atoms with van der Waals surface area (Å²) in [6, 6.07) is 10.9. The number of carbonyl (C=O) groups is 1. The smallest absolute Gasteiger partial charge is 0.321 e. The fourth-order valence-corrected chi connectivity index (χ4v) is 3.91. The van der Waals surface area contributed by atoms with Gasteiger partial charge in [0.15, 0.2) is 0 Å². The lowest BCUT2D eigenvalue weighted by atomic mass is 10.1. The van der Waals surface area contributed by atoms with Gasteiger partial charge in [0.1, 0.15) is 24.1 Å². The highest BCUT2D eigenvalue weighted by molar-refractivity contribution is 7.99. The molecule has 2 atom stereocenters. The third-order valence-corrected chi connectivity index (χ3v) is 5.37. The first-order valence-electron chi connectivity index (χ1n) is 8.12. The van der Waals surface area contributed by atoms with Crippen LogP contribution in [0, 0.1) is 10.1 Å². The number of thioether (sulfide) groups is 1. The van der Waals surface area contributed by atoms with Crippen LogP contribution in [0.5, 0.6) is 11.5 Å². The minimum Gasteiger partial charge on any atom is -0.497 e. The molecule has 2 unspecified atom stereocenters. The van der Waals surface area contributed by atoms with Crippen LogP contribution in [0.15, 0.2) is 42.5 Å². The van der Waals surface area contributed by atoms with Crippen molar-refractivity contribution in [1.82, 2.24) is 5.32 Å². The van der Waals surface area contributed by atoms with Gasteiger partial charge in [-0.25, -0.2) is 0 Å². The normalized spacial score (nSPS) is 18.9. The second-order valence-corrected chi connectivity index (χ2v) is 7.02. The molecule has 0 spiro atoms. The van der Waals surface area contributed by atoms with Gasteiger partial charge in [-0.3, -0.25) is 20.2 Å². The Balaban J connectivity index is 1.77. The standard InChI is InChI=1S/C18H18N2O6S/c1-25-13-6-7-14(17-19-15(10-27-17)18(21)22)16(8-13)26-9-11-2-4-12(5-3-11)20(23)24/h2-8,15,17,19H,9-10H2,1H3,(H,21,22). The van der Waals surface area contributed by atoms with E-state index in [1.807, 2.05) is 6.07 Å². The predicted octanol–water partition coefficient (Wildman–Crippen LogP) is 2.97. The van der Waals surface area contributed by atoms with Crippen molar-refractivity contribution < 1.29 is 24.3 Å². The van der Waals surface area contributed by atoms with E-state index in [1.165, 1.54) is 23.9 Å². The number of carboxylic acid groups (broad SMARTS) is 1. The van der Waals surface area contributed by atoms with Crippen LogP contribution in [0.2, 0.25) is 0 Å². The molecule has 2 N–H and O–H groups in total. The van der Waals surface area contributed by atoms with Gasteiger partial charge in [-0.2, -0.15) is 0 Å². The summed E-state index contributed by atoms with van der Waals surface area (Å²) in [4.78, 5) is 21.5. The van der Waals surface area contributed by atoms with Crippen molar-refractivity contribution in [3.8, 4) is 11.5 Å². The van der Waals surface area contributed by atoms with Crippen LogP contribution in [0.1, 0.15) is 16.5 Å². The summed E-state index contributed by atoms with van der Waals surface area (Å²) >= 11 is 1.50. The molecule has 2 aromatic rings. The molecule has 0 bridgehead atoms. The van der Waals surface area contributed by atoms with E-state index in [0.717, 1.165) is 11.1 Å². The van der Waals surface area contributed by atoms with E-state index in [1.54, 1.807) is 31.4 Å². The Labute approximate surface area is 159 Å². The van der Waals surface area contributed by atoms with Crippen LogP contribution in [0.4, 0.5) is 5.69 Å². The van der Waals surface area contributed by atoms with E-state index < -0.39 is 16.9 Å². The molecular formula is C18H18N2O6S. The van der Waals surface area contributed by atoms with Crippen molar-refractivity contribution in [2.75, 3.05) is 12.9 Å². The topological polar surface area (TPSA) is 111 Å². The van der Waals surface area contributed by atoms with Crippen molar-refractivity contribution in [2.24, 2.45) is 0 Å². The quantitative estimate of drug-likeness (QED) is 0.548. The summed E-state index contributed by atoms with van der Waals surface area (Å²) in [7, 11) is 1.55. The zero-order valence-corrected chi connectivity index (χ0v) is 15.3. The van der Waals surface area contributed by atoms with Gasteiger partial charge in [0.25, 0.3) is 5.69 Å². The Morgan fingerprint density at radius 2 is 2.07 bits per heavy atom. The summed E-state index contributed by atoms with van der Waals surface area (Å²) in [5, 5.41) is 22.8. The number of ether oxygens (including phenoxy) is 2. The Morgan fingerprint density at radius 3 is 2.67 bits per heavy atom. The lowest BCUT2D eigenvalue weighted by Gasteiger charge is -2.18. The molecule has 8 nitrogen and oxygen atoms in total. The molecule has 0 amide bonds. The number of nitrogens with zero attached hydrogens (tertiary/aromatic N) is 1. The molecular weight excluding hydrogens is 372 g/mol. The SMILES string of the molecule is COc1ccc(C2NC(C(=O)O)CS2)c(OCc2ccc([N+](=O)[O-])cc2)c1. The monoisotopic (exact) mass is 390 g/mol. The van der Waals surface area contributed by atoms with Crippen molar-refractivity contribution in [3.05, 3.63) is 63.7 Å². The van der Waals surface area contributed by atoms with Gasteiger partial charge in [0.2, 0.25) is 0 Å². The average molecular weight is 390 g/mol. The van der Waals surface area contributed by atoms with Gasteiger partial charge < -0.3 is 14.6 Å². The number of nitro groups is 1. The lowest BCUT2D eigenvalue weighted by molar-refractivity contribution is -0.384. The minimum absolute atomic E-state index is 0.0205. The number of nitro benzene ring substituents is 1. The number of methoxy groups -OCH3 is 1. The van der Waals surface area contributed by atoms with Gasteiger partial charge in [-0.15, -0.1) is 11.8 Å². The van der Waals surface area contributed by atoms with E-state index in [2.05, 4.69) is 5.32 Å². The molecule has 142 valence electrons. The van der Waals surface area contributed by atoms with Gasteiger partial charge in [-0.1, -0.05) is 0 Å². The van der Waals surface area contributed by atoms with Crippen molar-refractivity contribution in [3.63, 3.8) is 0 Å². The third kappa shape index (κ3) is 4.50. The molecule has 0 aliphatic carbocycles. The van der Waals surface area contributed by atoms with E-state index >= 15 is 0 Å². The number of hydrogen-bond acceptors (Lipinski definition) is 7. The highest BCUT2D eigenvalue weighted by Gasteiger charge is 2.32. The van der Waals surface area contributed by atoms with Gasteiger partial charge in [0, 0.05) is 29.5 Å². The summed E-state index contributed by atoms with van der Waals surface area (Å²) in [6.45, 7) is 0.220. The zero-order chi connectivity index (χ0) is 19.4. The first kappa shape index (κ1) is 19.0. The van der Waals surface area contributed by atoms with Crippen LogP contribution in [0.25, 0.3) is 0 Å². The number of non-ortho nitro benzene ring substituents is 1. The number of rotatable bonds is 7. The molecule has 1 fully saturated rings. The molecule has 3 rings (SSSR count). The number of carboxylic acids is 1. The molecule has 9 heteroatoms. The maximum Gasteiger partial charge on any atom is 0.321 e.